The molecule has 7 heteroatoms. The molecule has 0 spiro atoms. The van der Waals surface area contributed by atoms with Crippen LogP contribution in [0.2, 0.25) is 0 Å². The van der Waals surface area contributed by atoms with Crippen LogP contribution < -0.4 is 16.9 Å². The molecule has 86 valence electrons. The fourth-order valence-corrected chi connectivity index (χ4v) is 0.881. The van der Waals surface area contributed by atoms with Gasteiger partial charge in [0, 0.05) is 0 Å². The fourth-order valence-electron chi connectivity index (χ4n) is 0.881. The minimum absolute atomic E-state index is 0. The van der Waals surface area contributed by atoms with Gasteiger partial charge in [-0.15, -0.1) is 12.4 Å². The number of amidine groups is 1. The SMILES string of the molecule is Cl.N=C(N)C(=NNc1ccccc1)C(N)=O. The smallest absolute Gasteiger partial charge is 0.272 e. The number of para-hydroxylation sites is 1. The van der Waals surface area contributed by atoms with E-state index in [2.05, 4.69) is 10.5 Å². The van der Waals surface area contributed by atoms with E-state index < -0.39 is 11.7 Å². The van der Waals surface area contributed by atoms with Crippen molar-refractivity contribution in [2.24, 2.45) is 16.6 Å². The molecule has 16 heavy (non-hydrogen) atoms. The number of halogens is 1. The predicted octanol–water partition coefficient (Wildman–Crippen LogP) is 0.298. The lowest BCUT2D eigenvalue weighted by atomic mass is 10.3. The first kappa shape index (κ1) is 13.9. The van der Waals surface area contributed by atoms with E-state index in [1.165, 1.54) is 0 Å². The van der Waals surface area contributed by atoms with Gasteiger partial charge in [0.25, 0.3) is 5.91 Å². The van der Waals surface area contributed by atoms with Crippen LogP contribution in [0.1, 0.15) is 0 Å². The van der Waals surface area contributed by atoms with E-state index in [-0.39, 0.29) is 18.1 Å². The molecule has 0 heterocycles. The van der Waals surface area contributed by atoms with Crippen molar-refractivity contribution in [2.75, 3.05) is 5.43 Å². The molecule has 0 unspecified atom stereocenters. The molecule has 0 aromatic heterocycles. The van der Waals surface area contributed by atoms with E-state index in [1.807, 2.05) is 6.07 Å². The van der Waals surface area contributed by atoms with Crippen molar-refractivity contribution < 1.29 is 4.79 Å². The van der Waals surface area contributed by atoms with Crippen LogP contribution in [0.5, 0.6) is 0 Å². The first-order valence-electron chi connectivity index (χ1n) is 4.14. The molecule has 0 aliphatic rings. The van der Waals surface area contributed by atoms with Gasteiger partial charge in [-0.1, -0.05) is 18.2 Å². The molecule has 0 bridgehead atoms. The average molecular weight is 242 g/mol. The Kier molecular flexibility index (Phi) is 5.58. The Morgan fingerprint density at radius 1 is 1.25 bits per heavy atom. The summed E-state index contributed by atoms with van der Waals surface area (Å²) in [6.07, 6.45) is 0. The van der Waals surface area contributed by atoms with Crippen LogP contribution in [0, 0.1) is 5.41 Å². The van der Waals surface area contributed by atoms with Crippen molar-refractivity contribution in [1.82, 2.24) is 0 Å². The number of nitrogens with one attached hydrogen (secondary N) is 2. The number of rotatable bonds is 4. The summed E-state index contributed by atoms with van der Waals surface area (Å²) in [6.45, 7) is 0. The van der Waals surface area contributed by atoms with Gasteiger partial charge < -0.3 is 11.5 Å². The molecule has 6 nitrogen and oxygen atoms in total. The summed E-state index contributed by atoms with van der Waals surface area (Å²) in [4.78, 5) is 10.8. The molecule has 0 saturated carbocycles. The lowest BCUT2D eigenvalue weighted by Crippen LogP contribution is -2.35. The highest BCUT2D eigenvalue weighted by Crippen LogP contribution is 2.04. The number of carbonyl (C=O) groups excluding carboxylic acids is 1. The second kappa shape index (κ2) is 6.41. The Hall–Kier alpha value is -2.08. The Balaban J connectivity index is 0.00000225. The van der Waals surface area contributed by atoms with Crippen LogP contribution in [0.25, 0.3) is 0 Å². The fraction of sp³-hybridized carbons (Fsp3) is 0. The van der Waals surface area contributed by atoms with E-state index in [9.17, 15) is 4.79 Å². The molecule has 0 radical (unpaired) electrons. The van der Waals surface area contributed by atoms with Gasteiger partial charge in [0.05, 0.1) is 5.69 Å². The van der Waals surface area contributed by atoms with Crippen molar-refractivity contribution in [2.45, 2.75) is 0 Å². The Morgan fingerprint density at radius 3 is 2.25 bits per heavy atom. The minimum Gasteiger partial charge on any atom is -0.382 e. The van der Waals surface area contributed by atoms with Crippen molar-refractivity contribution in [3.8, 4) is 0 Å². The molecular weight excluding hydrogens is 230 g/mol. The largest absolute Gasteiger partial charge is 0.382 e. The number of hydrogen-bond acceptors (Lipinski definition) is 4. The van der Waals surface area contributed by atoms with Gasteiger partial charge >= 0.3 is 0 Å². The monoisotopic (exact) mass is 241 g/mol. The average Bonchev–Trinajstić information content (AvgIpc) is 2.18. The van der Waals surface area contributed by atoms with E-state index in [0.29, 0.717) is 5.69 Å². The summed E-state index contributed by atoms with van der Waals surface area (Å²) in [6, 6.07) is 8.95. The molecule has 0 aliphatic carbocycles. The van der Waals surface area contributed by atoms with Crippen LogP contribution in [0.15, 0.2) is 35.4 Å². The van der Waals surface area contributed by atoms with E-state index >= 15 is 0 Å². The van der Waals surface area contributed by atoms with Crippen molar-refractivity contribution in [3.63, 3.8) is 0 Å². The zero-order valence-electron chi connectivity index (χ0n) is 8.31. The summed E-state index contributed by atoms with van der Waals surface area (Å²) in [5, 5.41) is 10.7. The number of nitrogens with two attached hydrogens (primary N) is 2. The normalized spacial score (nSPS) is 10.1. The maximum Gasteiger partial charge on any atom is 0.272 e. The topological polar surface area (TPSA) is 117 Å². The lowest BCUT2D eigenvalue weighted by Gasteiger charge is -2.02. The van der Waals surface area contributed by atoms with Gasteiger partial charge in [-0.05, 0) is 12.1 Å². The van der Waals surface area contributed by atoms with Crippen molar-refractivity contribution in [3.05, 3.63) is 30.3 Å². The van der Waals surface area contributed by atoms with Gasteiger partial charge in [-0.2, -0.15) is 5.10 Å². The van der Waals surface area contributed by atoms with Crippen LogP contribution in [0.4, 0.5) is 5.69 Å². The number of anilines is 1. The summed E-state index contributed by atoms with van der Waals surface area (Å²) < 4.78 is 0. The maximum absolute atomic E-state index is 10.8. The zero-order chi connectivity index (χ0) is 11.3. The summed E-state index contributed by atoms with van der Waals surface area (Å²) in [7, 11) is 0. The number of carbonyl (C=O) groups is 1. The van der Waals surface area contributed by atoms with Gasteiger partial charge in [0.15, 0.2) is 5.71 Å². The molecule has 0 aliphatic heterocycles. The van der Waals surface area contributed by atoms with Crippen LogP contribution >= 0.6 is 12.4 Å². The maximum atomic E-state index is 10.8. The highest BCUT2D eigenvalue weighted by atomic mass is 35.5. The Morgan fingerprint density at radius 2 is 1.81 bits per heavy atom. The number of primary amides is 1. The Labute approximate surface area is 98.6 Å². The molecule has 1 aromatic rings. The minimum atomic E-state index is -0.842. The van der Waals surface area contributed by atoms with E-state index in [0.717, 1.165) is 0 Å². The molecule has 6 N–H and O–H groups in total. The van der Waals surface area contributed by atoms with Crippen LogP contribution in [-0.2, 0) is 4.79 Å². The van der Waals surface area contributed by atoms with Crippen LogP contribution in [-0.4, -0.2) is 17.5 Å². The highest BCUT2D eigenvalue weighted by Gasteiger charge is 2.09. The standard InChI is InChI=1S/C9H11N5O.ClH/c10-8(11)7(9(12)15)14-13-6-4-2-1-3-5-6;/h1-5,13H,(H3,10,11)(H2,12,15);1H. The number of hydrogen-bond donors (Lipinski definition) is 4. The summed E-state index contributed by atoms with van der Waals surface area (Å²) in [5.41, 5.74) is 13.0. The third-order valence-electron chi connectivity index (χ3n) is 1.56. The van der Waals surface area contributed by atoms with E-state index in [1.54, 1.807) is 24.3 Å². The predicted molar refractivity (Wildman–Crippen MR) is 65.9 cm³/mol. The summed E-state index contributed by atoms with van der Waals surface area (Å²) in [5.74, 6) is -1.31. The second-order valence-electron chi connectivity index (χ2n) is 2.72. The second-order valence-corrected chi connectivity index (χ2v) is 2.72. The third-order valence-corrected chi connectivity index (χ3v) is 1.56. The number of benzene rings is 1. The lowest BCUT2D eigenvalue weighted by molar-refractivity contribution is -0.111. The van der Waals surface area contributed by atoms with Gasteiger partial charge in [0.1, 0.15) is 5.84 Å². The number of nitrogens with zero attached hydrogens (tertiary/aromatic N) is 1. The molecular formula is C9H12ClN5O. The molecule has 0 saturated heterocycles. The van der Waals surface area contributed by atoms with Gasteiger partial charge in [0.2, 0.25) is 0 Å². The van der Waals surface area contributed by atoms with E-state index in [4.69, 9.17) is 16.9 Å². The summed E-state index contributed by atoms with van der Waals surface area (Å²) >= 11 is 0. The van der Waals surface area contributed by atoms with Crippen LogP contribution in [0.3, 0.4) is 0 Å². The van der Waals surface area contributed by atoms with Gasteiger partial charge in [-0.3, -0.25) is 15.6 Å². The molecule has 0 fully saturated rings. The molecule has 1 amide bonds. The highest BCUT2D eigenvalue weighted by molar-refractivity contribution is 6.65. The molecule has 0 atom stereocenters. The third kappa shape index (κ3) is 3.97. The Bertz CT molecular complexity index is 388. The first-order chi connectivity index (χ1) is 7.11. The number of hydrazone groups is 1. The first-order valence-corrected chi connectivity index (χ1v) is 4.14. The van der Waals surface area contributed by atoms with Gasteiger partial charge in [-0.25, -0.2) is 0 Å². The molecule has 1 rings (SSSR count). The quantitative estimate of drug-likeness (QED) is 0.345. The molecule has 1 aromatic carbocycles. The van der Waals surface area contributed by atoms with Crippen molar-refractivity contribution >= 4 is 35.5 Å². The number of amides is 1. The van der Waals surface area contributed by atoms with Crippen molar-refractivity contribution in [1.29, 1.82) is 5.41 Å². The zero-order valence-corrected chi connectivity index (χ0v) is 9.12.